The minimum absolute atomic E-state index is 0.155. The van der Waals surface area contributed by atoms with Gasteiger partial charge >= 0.3 is 5.97 Å². The largest absolute Gasteiger partial charge is 0.468 e. The molecule has 0 aliphatic carbocycles. The first-order valence-corrected chi connectivity index (χ1v) is 7.06. The van der Waals surface area contributed by atoms with Gasteiger partial charge in [-0.3, -0.25) is 10.1 Å². The third kappa shape index (κ3) is 4.58. The molecule has 1 aliphatic rings. The summed E-state index contributed by atoms with van der Waals surface area (Å²) in [6, 6.07) is 0.279. The maximum Gasteiger partial charge on any atom is 0.325 e. The van der Waals surface area contributed by atoms with Gasteiger partial charge in [-0.15, -0.1) is 0 Å². The quantitative estimate of drug-likeness (QED) is 0.705. The predicted molar refractivity (Wildman–Crippen MR) is 73.6 cm³/mol. The number of methoxy groups -OCH3 is 1. The molecule has 4 nitrogen and oxygen atoms in total. The summed E-state index contributed by atoms with van der Waals surface area (Å²) in [4.78, 5) is 14.4. The van der Waals surface area contributed by atoms with Crippen LogP contribution in [0.15, 0.2) is 0 Å². The smallest absolute Gasteiger partial charge is 0.325 e. The van der Waals surface area contributed by atoms with E-state index in [0.29, 0.717) is 0 Å². The van der Waals surface area contributed by atoms with Crippen LogP contribution >= 0.6 is 0 Å². The Labute approximate surface area is 111 Å². The standard InChI is InChI=1S/C14H28N2O2/c1-12(2)15-14(3,13(17)18-4)8-7-11-16-9-5-6-10-16/h12,15H,5-11H2,1-4H3. The maximum atomic E-state index is 11.9. The second kappa shape index (κ2) is 7.10. The van der Waals surface area contributed by atoms with E-state index in [4.69, 9.17) is 4.74 Å². The minimum atomic E-state index is -0.553. The number of nitrogens with zero attached hydrogens (tertiary/aromatic N) is 1. The van der Waals surface area contributed by atoms with Gasteiger partial charge in [0.05, 0.1) is 7.11 Å². The van der Waals surface area contributed by atoms with Gasteiger partial charge in [0.1, 0.15) is 5.54 Å². The van der Waals surface area contributed by atoms with Crippen molar-refractivity contribution in [3.05, 3.63) is 0 Å². The average molecular weight is 256 g/mol. The molecule has 0 saturated carbocycles. The van der Waals surface area contributed by atoms with E-state index < -0.39 is 5.54 Å². The van der Waals surface area contributed by atoms with Crippen molar-refractivity contribution >= 4 is 5.97 Å². The van der Waals surface area contributed by atoms with Gasteiger partial charge in [-0.05, 0) is 66.1 Å². The average Bonchev–Trinajstić information content (AvgIpc) is 2.80. The molecule has 1 unspecified atom stereocenters. The van der Waals surface area contributed by atoms with Gasteiger partial charge < -0.3 is 9.64 Å². The van der Waals surface area contributed by atoms with Gasteiger partial charge in [0.2, 0.25) is 0 Å². The van der Waals surface area contributed by atoms with Gasteiger partial charge in [-0.25, -0.2) is 0 Å². The number of hydrogen-bond acceptors (Lipinski definition) is 4. The normalized spacial score (nSPS) is 20.1. The summed E-state index contributed by atoms with van der Waals surface area (Å²) in [5.41, 5.74) is -0.553. The van der Waals surface area contributed by atoms with E-state index >= 15 is 0 Å². The highest BCUT2D eigenvalue weighted by atomic mass is 16.5. The van der Waals surface area contributed by atoms with E-state index in [0.717, 1.165) is 19.4 Å². The molecule has 1 fully saturated rings. The molecule has 1 atom stereocenters. The van der Waals surface area contributed by atoms with E-state index in [2.05, 4.69) is 24.1 Å². The summed E-state index contributed by atoms with van der Waals surface area (Å²) >= 11 is 0. The Balaban J connectivity index is 2.42. The number of ether oxygens (including phenoxy) is 1. The van der Waals surface area contributed by atoms with Gasteiger partial charge in [-0.1, -0.05) is 0 Å². The fourth-order valence-electron chi connectivity index (χ4n) is 2.76. The highest BCUT2D eigenvalue weighted by Crippen LogP contribution is 2.17. The van der Waals surface area contributed by atoms with Crippen molar-refractivity contribution in [1.29, 1.82) is 0 Å². The highest BCUT2D eigenvalue weighted by molar-refractivity contribution is 5.80. The molecule has 0 aromatic heterocycles. The van der Waals surface area contributed by atoms with Crippen LogP contribution in [0.5, 0.6) is 0 Å². The van der Waals surface area contributed by atoms with E-state index in [1.165, 1.54) is 33.0 Å². The Bertz CT molecular complexity index is 263. The SMILES string of the molecule is COC(=O)C(C)(CCCN1CCCC1)NC(C)C. The molecular weight excluding hydrogens is 228 g/mol. The monoisotopic (exact) mass is 256 g/mol. The van der Waals surface area contributed by atoms with E-state index in [9.17, 15) is 4.79 Å². The van der Waals surface area contributed by atoms with Crippen LogP contribution in [0.25, 0.3) is 0 Å². The van der Waals surface area contributed by atoms with Crippen LogP contribution in [-0.2, 0) is 9.53 Å². The second-order valence-corrected chi connectivity index (χ2v) is 5.78. The number of carbonyl (C=O) groups is 1. The molecule has 18 heavy (non-hydrogen) atoms. The second-order valence-electron chi connectivity index (χ2n) is 5.78. The molecule has 1 N–H and O–H groups in total. The van der Waals surface area contributed by atoms with Crippen molar-refractivity contribution in [2.75, 3.05) is 26.7 Å². The first-order valence-electron chi connectivity index (χ1n) is 7.06. The lowest BCUT2D eigenvalue weighted by molar-refractivity contribution is -0.148. The molecule has 1 aliphatic heterocycles. The third-order valence-corrected chi connectivity index (χ3v) is 3.59. The molecule has 1 saturated heterocycles. The fourth-order valence-corrected chi connectivity index (χ4v) is 2.76. The van der Waals surface area contributed by atoms with Crippen LogP contribution in [-0.4, -0.2) is 49.2 Å². The van der Waals surface area contributed by atoms with Crippen LogP contribution in [0.2, 0.25) is 0 Å². The topological polar surface area (TPSA) is 41.6 Å². The number of esters is 1. The zero-order chi connectivity index (χ0) is 13.6. The minimum Gasteiger partial charge on any atom is -0.468 e. The Kier molecular flexibility index (Phi) is 6.09. The van der Waals surface area contributed by atoms with Crippen molar-refractivity contribution in [3.63, 3.8) is 0 Å². The Hall–Kier alpha value is -0.610. The molecule has 0 radical (unpaired) electrons. The molecular formula is C14H28N2O2. The zero-order valence-electron chi connectivity index (χ0n) is 12.3. The Morgan fingerprint density at radius 2 is 2.00 bits per heavy atom. The molecule has 0 bridgehead atoms. The lowest BCUT2D eigenvalue weighted by Crippen LogP contribution is -2.53. The summed E-state index contributed by atoms with van der Waals surface area (Å²) in [7, 11) is 1.46. The van der Waals surface area contributed by atoms with Gasteiger partial charge in [-0.2, -0.15) is 0 Å². The van der Waals surface area contributed by atoms with Gasteiger partial charge in [0, 0.05) is 6.04 Å². The van der Waals surface area contributed by atoms with Gasteiger partial charge in [0.25, 0.3) is 0 Å². The van der Waals surface area contributed by atoms with Crippen molar-refractivity contribution in [1.82, 2.24) is 10.2 Å². The van der Waals surface area contributed by atoms with Crippen molar-refractivity contribution in [2.45, 2.75) is 58.0 Å². The lowest BCUT2D eigenvalue weighted by Gasteiger charge is -2.30. The number of hydrogen-bond donors (Lipinski definition) is 1. The van der Waals surface area contributed by atoms with Crippen LogP contribution in [0, 0.1) is 0 Å². The summed E-state index contributed by atoms with van der Waals surface area (Å²) in [6.07, 6.45) is 4.50. The van der Waals surface area contributed by atoms with Crippen LogP contribution in [0.3, 0.4) is 0 Å². The van der Waals surface area contributed by atoms with E-state index in [1.54, 1.807) is 0 Å². The summed E-state index contributed by atoms with van der Waals surface area (Å²) in [6.45, 7) is 9.58. The lowest BCUT2D eigenvalue weighted by atomic mass is 9.94. The number of carbonyl (C=O) groups excluding carboxylic acids is 1. The van der Waals surface area contributed by atoms with Crippen LogP contribution < -0.4 is 5.32 Å². The number of nitrogens with one attached hydrogen (secondary N) is 1. The van der Waals surface area contributed by atoms with E-state index in [-0.39, 0.29) is 12.0 Å². The molecule has 0 aromatic carbocycles. The van der Waals surface area contributed by atoms with Crippen LogP contribution in [0.4, 0.5) is 0 Å². The molecule has 4 heteroatoms. The number of likely N-dealkylation sites (tertiary alicyclic amines) is 1. The molecule has 0 amide bonds. The molecule has 0 aromatic rings. The third-order valence-electron chi connectivity index (χ3n) is 3.59. The predicted octanol–water partition coefficient (Wildman–Crippen LogP) is 1.79. The maximum absolute atomic E-state index is 11.9. The molecule has 106 valence electrons. The summed E-state index contributed by atoms with van der Waals surface area (Å²) in [5, 5.41) is 3.34. The fraction of sp³-hybridized carbons (Fsp3) is 0.929. The zero-order valence-corrected chi connectivity index (χ0v) is 12.3. The van der Waals surface area contributed by atoms with Crippen molar-refractivity contribution in [2.24, 2.45) is 0 Å². The molecule has 1 rings (SSSR count). The summed E-state index contributed by atoms with van der Waals surface area (Å²) in [5.74, 6) is -0.155. The molecule has 0 spiro atoms. The Morgan fingerprint density at radius 1 is 1.39 bits per heavy atom. The molecule has 1 heterocycles. The Morgan fingerprint density at radius 3 is 2.50 bits per heavy atom. The van der Waals surface area contributed by atoms with E-state index in [1.807, 2.05) is 6.92 Å². The summed E-state index contributed by atoms with van der Waals surface area (Å²) < 4.78 is 4.92. The number of rotatable bonds is 7. The first-order chi connectivity index (χ1) is 8.48. The van der Waals surface area contributed by atoms with Crippen LogP contribution in [0.1, 0.15) is 46.5 Å². The highest BCUT2D eigenvalue weighted by Gasteiger charge is 2.34. The van der Waals surface area contributed by atoms with Crippen molar-refractivity contribution < 1.29 is 9.53 Å². The first kappa shape index (κ1) is 15.4. The van der Waals surface area contributed by atoms with Crippen molar-refractivity contribution in [3.8, 4) is 0 Å². The van der Waals surface area contributed by atoms with Gasteiger partial charge in [0.15, 0.2) is 0 Å².